The zero-order valence-electron chi connectivity index (χ0n) is 33.0. The van der Waals surface area contributed by atoms with Crippen molar-refractivity contribution >= 4 is 70.1 Å². The average molecular weight is 929 g/mol. The zero-order chi connectivity index (χ0) is 46.5. The average Bonchev–Trinajstić information content (AvgIpc) is 3.00. The molecule has 0 fully saturated rings. The van der Waals surface area contributed by atoms with E-state index >= 15 is 0 Å². The van der Waals surface area contributed by atoms with Gasteiger partial charge in [0.25, 0.3) is 0 Å². The summed E-state index contributed by atoms with van der Waals surface area (Å²) in [4.78, 5) is 115. The molecule has 0 aromatic rings. The maximum Gasteiger partial charge on any atom is 1.00 e. The van der Waals surface area contributed by atoms with Crippen LogP contribution in [0.5, 0.6) is 0 Å². The normalized spacial score (nSPS) is 10.8. The number of carbonyl (C=O) groups is 10. The van der Waals surface area contributed by atoms with Gasteiger partial charge < -0.3 is 60.2 Å². The molecule has 30 nitrogen and oxygen atoms in total. The topological polar surface area (TPSA) is 473 Å². The monoisotopic (exact) mass is 928 g/mol. The van der Waals surface area contributed by atoms with E-state index in [0.717, 1.165) is 19.6 Å². The molecule has 0 aromatic carbocycles. The molecule has 0 aliphatic rings. The van der Waals surface area contributed by atoms with Crippen LogP contribution in [0.25, 0.3) is 0 Å². The minimum absolute atomic E-state index is 0. The van der Waals surface area contributed by atoms with E-state index in [1.54, 1.807) is 0 Å². The fourth-order valence-corrected chi connectivity index (χ4v) is 4.44. The van der Waals surface area contributed by atoms with Crippen LogP contribution in [0.3, 0.4) is 0 Å². The number of carboxylic acids is 10. The van der Waals surface area contributed by atoms with Crippen molar-refractivity contribution in [1.82, 2.24) is 29.4 Å². The molecule has 0 bridgehead atoms. The Bertz CT molecular complexity index is 1290. The summed E-state index contributed by atoms with van der Waals surface area (Å²) in [7, 11) is -5.17. The van der Waals surface area contributed by atoms with E-state index in [1.165, 1.54) is 9.80 Å². The quantitative estimate of drug-likeness (QED) is 0.0170. The van der Waals surface area contributed by atoms with Crippen LogP contribution in [0.1, 0.15) is 0 Å². The van der Waals surface area contributed by atoms with Gasteiger partial charge in [-0.05, 0) is 0 Å². The van der Waals surface area contributed by atoms with Gasteiger partial charge in [-0.2, -0.15) is 0 Å². The van der Waals surface area contributed by atoms with Crippen molar-refractivity contribution in [3.8, 4) is 0 Å². The van der Waals surface area contributed by atoms with Gasteiger partial charge in [-0.3, -0.25) is 85.8 Å². The van der Waals surface area contributed by atoms with Gasteiger partial charge in [-0.15, -0.1) is 0 Å². The van der Waals surface area contributed by atoms with Gasteiger partial charge in [0.05, 0.1) is 65.4 Å². The van der Waals surface area contributed by atoms with Gasteiger partial charge in [-0.25, -0.2) is 0 Å². The molecule has 0 unspecified atom stereocenters. The molecule has 0 atom stereocenters. The van der Waals surface area contributed by atoms with Gasteiger partial charge in [0.15, 0.2) is 0 Å². The van der Waals surface area contributed by atoms with Gasteiger partial charge >= 0.3 is 119 Å². The summed E-state index contributed by atoms with van der Waals surface area (Å²) in [6, 6.07) is 0. The molecule has 0 saturated heterocycles. The largest absolute Gasteiger partial charge is 1.00 e. The van der Waals surface area contributed by atoms with Crippen molar-refractivity contribution < 1.29 is 176 Å². The maximum atomic E-state index is 11.0. The van der Waals surface area contributed by atoms with Crippen molar-refractivity contribution in [3.63, 3.8) is 0 Å². The third kappa shape index (κ3) is 52.4. The van der Waals surface area contributed by atoms with Crippen LogP contribution in [-0.4, -0.2) is 275 Å². The predicted octanol–water partition coefficient (Wildman–Crippen LogP) is -12.7. The Morgan fingerprint density at radius 1 is 0.279 bits per heavy atom. The second-order valence-electron chi connectivity index (χ2n) is 11.7. The number of nitrogens with zero attached hydrogens (tertiary/aromatic N) is 6. The molecule has 0 spiro atoms. The van der Waals surface area contributed by atoms with E-state index in [4.69, 9.17) is 68.6 Å². The Kier molecular flexibility index (Phi) is 40.2. The van der Waals surface area contributed by atoms with E-state index in [2.05, 4.69) is 0 Å². The third-order valence-corrected chi connectivity index (χ3v) is 6.52. The van der Waals surface area contributed by atoms with Crippen molar-refractivity contribution in [2.75, 3.05) is 118 Å². The van der Waals surface area contributed by atoms with Gasteiger partial charge in [-0.1, -0.05) is 0 Å². The number of rotatable bonds is 32. The smallest absolute Gasteiger partial charge is 0.759 e. The molecule has 10 N–H and O–H groups in total. The van der Waals surface area contributed by atoms with Crippen molar-refractivity contribution in [2.24, 2.45) is 0 Å². The summed E-state index contributed by atoms with van der Waals surface area (Å²) < 4.78 is 34.1. The number of hydrogen-bond donors (Lipinski definition) is 10. The Labute approximate surface area is 390 Å². The van der Waals surface area contributed by atoms with Crippen LogP contribution < -0.4 is 59.1 Å². The van der Waals surface area contributed by atoms with Crippen LogP contribution in [0.15, 0.2) is 0 Å². The minimum Gasteiger partial charge on any atom is -0.759 e. The molecule has 0 radical (unpaired) electrons. The summed E-state index contributed by atoms with van der Waals surface area (Å²) in [6.07, 6.45) is 0. The van der Waals surface area contributed by atoms with Gasteiger partial charge in [0.2, 0.25) is 0 Å². The Morgan fingerprint density at radius 2 is 0.361 bits per heavy atom. The standard InChI is InChI=1S/2C14H23N3O10.2Na.H2O4S/c2*18-10(19)5-15(1-3-16(6-11(20)21)7-12(22)23)2-4-17(8-13(24)25)9-14(26)27;;;1-5(2,3)4/h2*1-9H2,(H,18,19)(H,20,21)(H,22,23)(H,24,25)(H,26,27);;;(H2,1,2,3,4)/q;;2*+1;/p-2. The van der Waals surface area contributed by atoms with E-state index in [9.17, 15) is 47.9 Å². The summed E-state index contributed by atoms with van der Waals surface area (Å²) >= 11 is 0. The fourth-order valence-electron chi connectivity index (χ4n) is 4.44. The Hall–Kier alpha value is -3.67. The first-order valence-corrected chi connectivity index (χ1v) is 17.5. The molecule has 0 heterocycles. The number of hydrogen-bond acceptors (Lipinski definition) is 20. The summed E-state index contributed by atoms with van der Waals surface area (Å²) in [5.74, 6) is -12.3. The van der Waals surface area contributed by atoms with Crippen molar-refractivity contribution in [1.29, 1.82) is 0 Å². The summed E-state index contributed by atoms with van der Waals surface area (Å²) in [5.41, 5.74) is 0. The molecule has 0 aliphatic heterocycles. The molecule has 0 saturated carbocycles. The van der Waals surface area contributed by atoms with Crippen LogP contribution in [0.2, 0.25) is 0 Å². The van der Waals surface area contributed by atoms with Gasteiger partial charge in [0, 0.05) is 62.8 Å². The van der Waals surface area contributed by atoms with Crippen LogP contribution in [0.4, 0.5) is 0 Å². The molecule has 0 amide bonds. The van der Waals surface area contributed by atoms with E-state index in [1.807, 2.05) is 0 Å². The van der Waals surface area contributed by atoms with Crippen molar-refractivity contribution in [2.45, 2.75) is 0 Å². The maximum absolute atomic E-state index is 11.0. The minimum atomic E-state index is -5.17. The zero-order valence-corrected chi connectivity index (χ0v) is 37.8. The molecular weight excluding hydrogens is 882 g/mol. The molecule has 0 aliphatic carbocycles. The molecule has 0 rings (SSSR count). The summed E-state index contributed by atoms with van der Waals surface area (Å²) in [6.45, 7) is -5.47. The second kappa shape index (κ2) is 36.9. The Morgan fingerprint density at radius 3 is 0.459 bits per heavy atom. The van der Waals surface area contributed by atoms with Crippen LogP contribution in [-0.2, 0) is 58.3 Å². The van der Waals surface area contributed by atoms with Crippen molar-refractivity contribution in [3.05, 3.63) is 0 Å². The number of carboxylic acid groups (broad SMARTS) is 10. The molecule has 33 heteroatoms. The van der Waals surface area contributed by atoms with Crippen LogP contribution >= 0.6 is 0 Å². The molecular formula is C28H46N6Na2O24S. The number of aliphatic carboxylic acids is 10. The first kappa shape index (κ1) is 66.4. The second-order valence-corrected chi connectivity index (χ2v) is 12.6. The predicted molar refractivity (Wildman–Crippen MR) is 185 cm³/mol. The van der Waals surface area contributed by atoms with E-state index in [-0.39, 0.29) is 111 Å². The Balaban J connectivity index is -0.000000299. The van der Waals surface area contributed by atoms with E-state index < -0.39 is 136 Å². The van der Waals surface area contributed by atoms with E-state index in [0.29, 0.717) is 0 Å². The van der Waals surface area contributed by atoms with Crippen LogP contribution in [0, 0.1) is 0 Å². The third-order valence-electron chi connectivity index (χ3n) is 6.52. The molecule has 340 valence electrons. The molecule has 61 heavy (non-hydrogen) atoms. The SMILES string of the molecule is O=C(O)CN(CCN(CC(=O)O)CC(=O)O)CCN(CC(=O)O)CC(=O)O.O=C(O)CN(CCN(CC(=O)O)CC(=O)O)CCN(CC(=O)O)CC(=O)O.O=S(=O)([O-])[O-].[Na+].[Na+]. The first-order chi connectivity index (χ1) is 27.0. The fraction of sp³-hybridized carbons (Fsp3) is 0.643. The first-order valence-electron chi connectivity index (χ1n) is 16.2. The van der Waals surface area contributed by atoms with Gasteiger partial charge in [0.1, 0.15) is 0 Å². The summed E-state index contributed by atoms with van der Waals surface area (Å²) in [5, 5.41) is 88.2. The molecule has 0 aromatic heterocycles.